The number of rotatable bonds is 2. The average Bonchev–Trinajstić information content (AvgIpc) is 3.13. The molecule has 2 aromatic heterocycles. The van der Waals surface area contributed by atoms with Crippen LogP contribution < -0.4 is 0 Å². The van der Waals surface area contributed by atoms with Crippen LogP contribution in [0.5, 0.6) is 0 Å². The number of aromatic nitrogens is 2. The molecule has 4 rings (SSSR count). The van der Waals surface area contributed by atoms with Crippen molar-refractivity contribution in [3.8, 4) is 0 Å². The number of thiophene rings is 1. The first-order valence-corrected chi connectivity index (χ1v) is 10.4. The van der Waals surface area contributed by atoms with Gasteiger partial charge in [0.05, 0.1) is 17.3 Å². The zero-order valence-electron chi connectivity index (χ0n) is 15.8. The summed E-state index contributed by atoms with van der Waals surface area (Å²) in [6.45, 7) is 5.63. The highest BCUT2D eigenvalue weighted by atomic mass is 32.1. The SMILES string of the molecule is CC(=O)N1CCc2nc([C@@H]3CCCCN3C(=O)c3csc(C)c3)ncc2C1. The number of piperidine rings is 1. The largest absolute Gasteiger partial charge is 0.338 e. The van der Waals surface area contributed by atoms with Gasteiger partial charge in [0.25, 0.3) is 5.91 Å². The molecule has 1 fully saturated rings. The smallest absolute Gasteiger partial charge is 0.255 e. The molecule has 142 valence electrons. The molecule has 2 aliphatic rings. The maximum atomic E-state index is 13.0. The van der Waals surface area contributed by atoms with E-state index in [1.54, 1.807) is 18.3 Å². The van der Waals surface area contributed by atoms with Crippen molar-refractivity contribution in [2.75, 3.05) is 13.1 Å². The second kappa shape index (κ2) is 7.38. The summed E-state index contributed by atoms with van der Waals surface area (Å²) in [4.78, 5) is 39.0. The van der Waals surface area contributed by atoms with Gasteiger partial charge in [-0.15, -0.1) is 11.3 Å². The van der Waals surface area contributed by atoms with Crippen molar-refractivity contribution in [3.05, 3.63) is 45.2 Å². The summed E-state index contributed by atoms with van der Waals surface area (Å²) in [5, 5.41) is 1.94. The third kappa shape index (κ3) is 3.60. The first kappa shape index (κ1) is 18.1. The van der Waals surface area contributed by atoms with Crippen molar-refractivity contribution < 1.29 is 9.59 Å². The van der Waals surface area contributed by atoms with E-state index in [0.29, 0.717) is 13.1 Å². The summed E-state index contributed by atoms with van der Waals surface area (Å²) in [6, 6.07) is 1.89. The number of fused-ring (bicyclic) bond motifs is 1. The Bertz CT molecular complexity index is 879. The van der Waals surface area contributed by atoms with Crippen molar-refractivity contribution in [2.45, 2.75) is 52.1 Å². The number of aryl methyl sites for hydroxylation is 1. The highest BCUT2D eigenvalue weighted by molar-refractivity contribution is 7.10. The predicted octanol–water partition coefficient (Wildman–Crippen LogP) is 3.12. The van der Waals surface area contributed by atoms with Gasteiger partial charge < -0.3 is 9.80 Å². The van der Waals surface area contributed by atoms with E-state index in [-0.39, 0.29) is 17.9 Å². The summed E-state index contributed by atoms with van der Waals surface area (Å²) in [6.07, 6.45) is 5.58. The van der Waals surface area contributed by atoms with Crippen molar-refractivity contribution in [1.29, 1.82) is 0 Å². The number of nitrogens with zero attached hydrogens (tertiary/aromatic N) is 4. The highest BCUT2D eigenvalue weighted by Gasteiger charge is 2.32. The molecule has 0 N–H and O–H groups in total. The summed E-state index contributed by atoms with van der Waals surface area (Å²) < 4.78 is 0. The lowest BCUT2D eigenvalue weighted by atomic mass is 9.99. The van der Waals surface area contributed by atoms with Crippen LogP contribution in [0.15, 0.2) is 17.6 Å². The van der Waals surface area contributed by atoms with E-state index < -0.39 is 0 Å². The molecule has 1 atom stereocenters. The van der Waals surface area contributed by atoms with E-state index in [1.807, 2.05) is 34.4 Å². The molecule has 6 nitrogen and oxygen atoms in total. The van der Waals surface area contributed by atoms with Crippen LogP contribution in [0.25, 0.3) is 0 Å². The quantitative estimate of drug-likeness (QED) is 0.798. The topological polar surface area (TPSA) is 66.4 Å². The first-order valence-electron chi connectivity index (χ1n) is 9.49. The van der Waals surface area contributed by atoms with Gasteiger partial charge in [0.1, 0.15) is 0 Å². The van der Waals surface area contributed by atoms with Crippen LogP contribution in [-0.2, 0) is 17.8 Å². The maximum absolute atomic E-state index is 13.0. The molecule has 7 heteroatoms. The Hall–Kier alpha value is -2.28. The monoisotopic (exact) mass is 384 g/mol. The molecule has 0 unspecified atom stereocenters. The van der Waals surface area contributed by atoms with Crippen LogP contribution >= 0.6 is 11.3 Å². The Morgan fingerprint density at radius 1 is 1.26 bits per heavy atom. The zero-order valence-corrected chi connectivity index (χ0v) is 16.6. The molecule has 0 bridgehead atoms. The Morgan fingerprint density at radius 3 is 2.85 bits per heavy atom. The summed E-state index contributed by atoms with van der Waals surface area (Å²) in [7, 11) is 0. The molecule has 1 saturated heterocycles. The predicted molar refractivity (Wildman–Crippen MR) is 104 cm³/mol. The van der Waals surface area contributed by atoms with Gasteiger partial charge in [-0.2, -0.15) is 0 Å². The van der Waals surface area contributed by atoms with Gasteiger partial charge in [-0.1, -0.05) is 0 Å². The molecule has 2 amide bonds. The van der Waals surface area contributed by atoms with Crippen LogP contribution in [0.4, 0.5) is 0 Å². The fourth-order valence-corrected chi connectivity index (χ4v) is 4.60. The fraction of sp³-hybridized carbons (Fsp3) is 0.500. The van der Waals surface area contributed by atoms with Crippen LogP contribution in [0, 0.1) is 6.92 Å². The van der Waals surface area contributed by atoms with Crippen molar-refractivity contribution in [3.63, 3.8) is 0 Å². The van der Waals surface area contributed by atoms with Gasteiger partial charge in [-0.25, -0.2) is 9.97 Å². The fourth-order valence-electron chi connectivity index (χ4n) is 3.93. The number of likely N-dealkylation sites (tertiary alicyclic amines) is 1. The van der Waals surface area contributed by atoms with Gasteiger partial charge in [0.2, 0.25) is 5.91 Å². The third-order valence-electron chi connectivity index (χ3n) is 5.44. The Balaban J connectivity index is 1.59. The minimum atomic E-state index is -0.0670. The van der Waals surface area contributed by atoms with Gasteiger partial charge in [0, 0.05) is 55.0 Å². The van der Waals surface area contributed by atoms with Gasteiger partial charge in [0.15, 0.2) is 5.82 Å². The molecule has 0 radical (unpaired) electrons. The molecule has 2 aliphatic heterocycles. The minimum Gasteiger partial charge on any atom is -0.338 e. The molecular formula is C20H24N4O2S. The van der Waals surface area contributed by atoms with Crippen LogP contribution in [-0.4, -0.2) is 44.7 Å². The molecule has 4 heterocycles. The van der Waals surface area contributed by atoms with Gasteiger partial charge in [-0.3, -0.25) is 9.59 Å². The molecule has 27 heavy (non-hydrogen) atoms. The van der Waals surface area contributed by atoms with E-state index >= 15 is 0 Å². The second-order valence-corrected chi connectivity index (χ2v) is 8.46. The second-order valence-electron chi connectivity index (χ2n) is 7.35. The first-order chi connectivity index (χ1) is 13.0. The van der Waals surface area contributed by atoms with Crippen LogP contribution in [0.1, 0.15) is 64.5 Å². The molecule has 0 saturated carbocycles. The lowest BCUT2D eigenvalue weighted by Crippen LogP contribution is -2.40. The summed E-state index contributed by atoms with van der Waals surface area (Å²) >= 11 is 1.60. The van der Waals surface area contributed by atoms with E-state index in [4.69, 9.17) is 4.98 Å². The zero-order chi connectivity index (χ0) is 19.0. The minimum absolute atomic E-state index is 0.0670. The molecule has 0 aliphatic carbocycles. The van der Waals surface area contributed by atoms with E-state index in [0.717, 1.165) is 59.8 Å². The molecule has 0 aromatic carbocycles. The van der Waals surface area contributed by atoms with Crippen LogP contribution in [0.2, 0.25) is 0 Å². The number of carbonyl (C=O) groups excluding carboxylic acids is 2. The maximum Gasteiger partial charge on any atom is 0.255 e. The molecule has 0 spiro atoms. The lowest BCUT2D eigenvalue weighted by Gasteiger charge is -2.35. The number of hydrogen-bond acceptors (Lipinski definition) is 5. The average molecular weight is 385 g/mol. The van der Waals surface area contributed by atoms with Crippen molar-refractivity contribution in [1.82, 2.24) is 19.8 Å². The Morgan fingerprint density at radius 2 is 2.11 bits per heavy atom. The van der Waals surface area contributed by atoms with Crippen LogP contribution in [0.3, 0.4) is 0 Å². The third-order valence-corrected chi connectivity index (χ3v) is 6.30. The van der Waals surface area contributed by atoms with E-state index in [2.05, 4.69) is 4.98 Å². The number of hydrogen-bond donors (Lipinski definition) is 0. The summed E-state index contributed by atoms with van der Waals surface area (Å²) in [5.41, 5.74) is 2.80. The van der Waals surface area contributed by atoms with Crippen molar-refractivity contribution in [2.24, 2.45) is 0 Å². The van der Waals surface area contributed by atoms with E-state index in [9.17, 15) is 9.59 Å². The lowest BCUT2D eigenvalue weighted by molar-refractivity contribution is -0.129. The number of carbonyl (C=O) groups is 2. The Labute approximate surface area is 163 Å². The molecular weight excluding hydrogens is 360 g/mol. The van der Waals surface area contributed by atoms with Gasteiger partial charge in [-0.05, 0) is 32.3 Å². The number of amides is 2. The van der Waals surface area contributed by atoms with Crippen molar-refractivity contribution >= 4 is 23.2 Å². The summed E-state index contributed by atoms with van der Waals surface area (Å²) in [5.74, 6) is 0.901. The van der Waals surface area contributed by atoms with E-state index in [1.165, 1.54) is 0 Å². The molecule has 2 aromatic rings. The Kier molecular flexibility index (Phi) is 4.95. The standard InChI is InChI=1S/C20H24N4O2S/c1-13-9-15(12-27-13)20(26)24-7-4-3-5-18(24)19-21-10-16-11-23(14(2)25)8-6-17(16)22-19/h9-10,12,18H,3-8,11H2,1-2H3/t18-/m0/s1. The highest BCUT2D eigenvalue weighted by Crippen LogP contribution is 2.32. The van der Waals surface area contributed by atoms with Gasteiger partial charge >= 0.3 is 0 Å². The normalized spacial score (nSPS) is 19.7.